The summed E-state index contributed by atoms with van der Waals surface area (Å²) in [6.45, 7) is 7.71. The number of carbonyl (C=O) groups is 1. The Balaban J connectivity index is 2.06. The summed E-state index contributed by atoms with van der Waals surface area (Å²) < 4.78 is 5.70. The van der Waals surface area contributed by atoms with E-state index in [-0.39, 0.29) is 5.91 Å². The lowest BCUT2D eigenvalue weighted by Crippen LogP contribution is -2.30. The Labute approximate surface area is 126 Å². The van der Waals surface area contributed by atoms with Crippen molar-refractivity contribution in [2.45, 2.75) is 33.8 Å². The van der Waals surface area contributed by atoms with E-state index in [1.165, 1.54) is 0 Å². The van der Waals surface area contributed by atoms with Crippen molar-refractivity contribution < 1.29 is 9.53 Å². The number of carbonyl (C=O) groups excluding carboxylic acids is 1. The highest BCUT2D eigenvalue weighted by atomic mass is 16.5. The fourth-order valence-corrected chi connectivity index (χ4v) is 2.18. The van der Waals surface area contributed by atoms with E-state index < -0.39 is 6.10 Å². The molecule has 0 aromatic heterocycles. The van der Waals surface area contributed by atoms with Crippen LogP contribution in [0.4, 0.5) is 5.69 Å². The van der Waals surface area contributed by atoms with Gasteiger partial charge in [-0.2, -0.15) is 0 Å². The summed E-state index contributed by atoms with van der Waals surface area (Å²) >= 11 is 0. The van der Waals surface area contributed by atoms with E-state index >= 15 is 0 Å². The number of benzene rings is 2. The zero-order chi connectivity index (χ0) is 15.4. The van der Waals surface area contributed by atoms with Crippen LogP contribution in [0.5, 0.6) is 5.75 Å². The molecule has 0 saturated carbocycles. The molecule has 1 N–H and O–H groups in total. The number of rotatable bonds is 4. The minimum atomic E-state index is -0.550. The molecule has 0 radical (unpaired) electrons. The maximum atomic E-state index is 12.3. The van der Waals surface area contributed by atoms with Gasteiger partial charge in [0.1, 0.15) is 5.75 Å². The number of para-hydroxylation sites is 1. The highest BCUT2D eigenvalue weighted by molar-refractivity contribution is 5.95. The molecule has 1 atom stereocenters. The number of amides is 1. The van der Waals surface area contributed by atoms with Gasteiger partial charge in [0.2, 0.25) is 0 Å². The minimum Gasteiger partial charge on any atom is -0.481 e. The lowest BCUT2D eigenvalue weighted by Gasteiger charge is -2.17. The predicted molar refractivity (Wildman–Crippen MR) is 85.8 cm³/mol. The molecule has 0 unspecified atom stereocenters. The molecule has 21 heavy (non-hydrogen) atoms. The van der Waals surface area contributed by atoms with E-state index in [0.29, 0.717) is 5.75 Å². The summed E-state index contributed by atoms with van der Waals surface area (Å²) in [4.78, 5) is 12.3. The largest absolute Gasteiger partial charge is 0.481 e. The van der Waals surface area contributed by atoms with Crippen molar-refractivity contribution in [2.24, 2.45) is 0 Å². The molecule has 2 aromatic carbocycles. The molecule has 0 saturated heterocycles. The van der Waals surface area contributed by atoms with E-state index in [0.717, 1.165) is 22.4 Å². The maximum absolute atomic E-state index is 12.3. The molecule has 0 aliphatic heterocycles. The Hall–Kier alpha value is -2.29. The Morgan fingerprint density at radius 2 is 1.67 bits per heavy atom. The number of anilines is 1. The number of hydrogen-bond donors (Lipinski definition) is 1. The second-order valence-corrected chi connectivity index (χ2v) is 5.33. The maximum Gasteiger partial charge on any atom is 0.265 e. The fourth-order valence-electron chi connectivity index (χ4n) is 2.18. The summed E-state index contributed by atoms with van der Waals surface area (Å²) in [6, 6.07) is 13.6. The Kier molecular flexibility index (Phi) is 4.63. The van der Waals surface area contributed by atoms with Gasteiger partial charge in [-0.25, -0.2) is 0 Å². The topological polar surface area (TPSA) is 38.3 Å². The molecule has 0 fully saturated rings. The van der Waals surface area contributed by atoms with Crippen LogP contribution in [0.1, 0.15) is 23.6 Å². The first-order valence-electron chi connectivity index (χ1n) is 7.08. The van der Waals surface area contributed by atoms with Crippen LogP contribution in [-0.4, -0.2) is 12.0 Å². The average Bonchev–Trinajstić information content (AvgIpc) is 2.43. The van der Waals surface area contributed by atoms with Gasteiger partial charge in [0, 0.05) is 5.69 Å². The molecule has 0 aliphatic carbocycles. The average molecular weight is 283 g/mol. The standard InChI is InChI=1S/C18H21NO2/c1-12-7-5-10-16(11-12)21-15(4)18(20)19-17-13(2)8-6-9-14(17)3/h5-11,15H,1-4H3,(H,19,20)/t15-/m1/s1. The van der Waals surface area contributed by atoms with E-state index in [4.69, 9.17) is 4.74 Å². The van der Waals surface area contributed by atoms with Crippen LogP contribution < -0.4 is 10.1 Å². The number of ether oxygens (including phenoxy) is 1. The molecule has 0 spiro atoms. The van der Waals surface area contributed by atoms with Crippen LogP contribution in [0.3, 0.4) is 0 Å². The van der Waals surface area contributed by atoms with Crippen molar-refractivity contribution in [1.29, 1.82) is 0 Å². The van der Waals surface area contributed by atoms with Crippen molar-refractivity contribution in [3.05, 3.63) is 59.2 Å². The van der Waals surface area contributed by atoms with Crippen molar-refractivity contribution in [3.8, 4) is 5.75 Å². The van der Waals surface area contributed by atoms with Gasteiger partial charge in [0.05, 0.1) is 0 Å². The lowest BCUT2D eigenvalue weighted by molar-refractivity contribution is -0.122. The summed E-state index contributed by atoms with van der Waals surface area (Å²) in [5.41, 5.74) is 4.06. The second-order valence-electron chi connectivity index (χ2n) is 5.33. The monoisotopic (exact) mass is 283 g/mol. The summed E-state index contributed by atoms with van der Waals surface area (Å²) in [6.07, 6.45) is -0.550. The third kappa shape index (κ3) is 3.85. The quantitative estimate of drug-likeness (QED) is 0.920. The van der Waals surface area contributed by atoms with Crippen LogP contribution in [-0.2, 0) is 4.79 Å². The van der Waals surface area contributed by atoms with Gasteiger partial charge in [-0.3, -0.25) is 4.79 Å². The van der Waals surface area contributed by atoms with Crippen molar-refractivity contribution in [1.82, 2.24) is 0 Å². The first kappa shape index (κ1) is 15.1. The Morgan fingerprint density at radius 1 is 1.05 bits per heavy atom. The molecule has 1 amide bonds. The smallest absolute Gasteiger partial charge is 0.265 e. The Bertz CT molecular complexity index is 629. The van der Waals surface area contributed by atoms with Crippen molar-refractivity contribution in [3.63, 3.8) is 0 Å². The zero-order valence-corrected chi connectivity index (χ0v) is 12.9. The van der Waals surface area contributed by atoms with Gasteiger partial charge in [0.15, 0.2) is 6.10 Å². The number of nitrogens with one attached hydrogen (secondary N) is 1. The highest BCUT2D eigenvalue weighted by Crippen LogP contribution is 2.20. The zero-order valence-electron chi connectivity index (χ0n) is 12.9. The number of hydrogen-bond acceptors (Lipinski definition) is 2. The van der Waals surface area contributed by atoms with Crippen LogP contribution in [0.2, 0.25) is 0 Å². The third-order valence-electron chi connectivity index (χ3n) is 3.40. The molecule has 0 bridgehead atoms. The van der Waals surface area contributed by atoms with Crippen LogP contribution in [0.15, 0.2) is 42.5 Å². The lowest BCUT2D eigenvalue weighted by atomic mass is 10.1. The Morgan fingerprint density at radius 3 is 2.29 bits per heavy atom. The van der Waals surface area contributed by atoms with Crippen LogP contribution in [0, 0.1) is 20.8 Å². The van der Waals surface area contributed by atoms with Crippen molar-refractivity contribution in [2.75, 3.05) is 5.32 Å². The minimum absolute atomic E-state index is 0.145. The van der Waals surface area contributed by atoms with Gasteiger partial charge in [0.25, 0.3) is 5.91 Å². The van der Waals surface area contributed by atoms with Gasteiger partial charge in [-0.15, -0.1) is 0 Å². The van der Waals surface area contributed by atoms with Gasteiger partial charge < -0.3 is 10.1 Å². The molecular weight excluding hydrogens is 262 g/mol. The van der Waals surface area contributed by atoms with E-state index in [1.54, 1.807) is 6.92 Å². The fraction of sp³-hybridized carbons (Fsp3) is 0.278. The van der Waals surface area contributed by atoms with E-state index in [9.17, 15) is 4.79 Å². The van der Waals surface area contributed by atoms with Gasteiger partial charge in [-0.1, -0.05) is 30.3 Å². The third-order valence-corrected chi connectivity index (χ3v) is 3.40. The molecule has 0 heterocycles. The SMILES string of the molecule is Cc1cccc(O[C@H](C)C(=O)Nc2c(C)cccc2C)c1. The first-order valence-corrected chi connectivity index (χ1v) is 7.08. The molecule has 3 heteroatoms. The normalized spacial score (nSPS) is 11.8. The van der Waals surface area contributed by atoms with Gasteiger partial charge >= 0.3 is 0 Å². The van der Waals surface area contributed by atoms with Gasteiger partial charge in [-0.05, 0) is 56.5 Å². The highest BCUT2D eigenvalue weighted by Gasteiger charge is 2.16. The molecule has 3 nitrogen and oxygen atoms in total. The summed E-state index contributed by atoms with van der Waals surface area (Å²) in [5.74, 6) is 0.563. The molecule has 2 rings (SSSR count). The van der Waals surface area contributed by atoms with E-state index in [1.807, 2.05) is 63.2 Å². The predicted octanol–water partition coefficient (Wildman–Crippen LogP) is 4.02. The summed E-state index contributed by atoms with van der Waals surface area (Å²) in [5, 5.41) is 2.95. The van der Waals surface area contributed by atoms with Crippen molar-refractivity contribution >= 4 is 11.6 Å². The molecular formula is C18H21NO2. The second kappa shape index (κ2) is 6.44. The van der Waals surface area contributed by atoms with Crippen LogP contribution >= 0.6 is 0 Å². The first-order chi connectivity index (χ1) is 9.97. The molecule has 0 aliphatic rings. The van der Waals surface area contributed by atoms with Crippen LogP contribution in [0.25, 0.3) is 0 Å². The molecule has 110 valence electrons. The number of aryl methyl sites for hydroxylation is 3. The van der Waals surface area contributed by atoms with E-state index in [2.05, 4.69) is 5.32 Å². The summed E-state index contributed by atoms with van der Waals surface area (Å²) in [7, 11) is 0. The molecule has 2 aromatic rings.